The topological polar surface area (TPSA) is 118 Å². The molecule has 158 valence electrons. The molecule has 4 rings (SSSR count). The number of nitrogens with one attached hydrogen (secondary N) is 1. The van der Waals surface area contributed by atoms with Crippen LogP contribution in [0.1, 0.15) is 38.8 Å². The van der Waals surface area contributed by atoms with Crippen molar-refractivity contribution in [2.45, 2.75) is 26.2 Å². The second kappa shape index (κ2) is 8.23. The van der Waals surface area contributed by atoms with Crippen molar-refractivity contribution in [1.29, 1.82) is 0 Å². The first kappa shape index (κ1) is 20.6. The molecule has 0 bridgehead atoms. The maximum Gasteiger partial charge on any atom is 0.270 e. The van der Waals surface area contributed by atoms with Gasteiger partial charge in [0.25, 0.3) is 11.6 Å². The molecule has 31 heavy (non-hydrogen) atoms. The van der Waals surface area contributed by atoms with Crippen LogP contribution in [0.2, 0.25) is 0 Å². The molecule has 10 heteroatoms. The van der Waals surface area contributed by atoms with Gasteiger partial charge in [-0.3, -0.25) is 25.0 Å². The van der Waals surface area contributed by atoms with Crippen molar-refractivity contribution in [3.05, 3.63) is 74.3 Å². The Balaban J connectivity index is 1.46. The van der Waals surface area contributed by atoms with Crippen LogP contribution in [-0.2, 0) is 4.79 Å². The predicted octanol–water partition coefficient (Wildman–Crippen LogP) is 3.84. The van der Waals surface area contributed by atoms with Crippen molar-refractivity contribution in [3.8, 4) is 0 Å². The minimum absolute atomic E-state index is 0.0207. The van der Waals surface area contributed by atoms with Crippen LogP contribution in [0, 0.1) is 24.0 Å². The van der Waals surface area contributed by atoms with E-state index in [2.05, 4.69) is 21.6 Å². The molecule has 2 amide bonds. The van der Waals surface area contributed by atoms with Crippen molar-refractivity contribution in [1.82, 2.24) is 10.2 Å². The van der Waals surface area contributed by atoms with Gasteiger partial charge in [0.2, 0.25) is 11.0 Å². The van der Waals surface area contributed by atoms with E-state index in [1.165, 1.54) is 35.6 Å². The van der Waals surface area contributed by atoms with Crippen LogP contribution in [0.25, 0.3) is 0 Å². The first-order valence-electron chi connectivity index (χ1n) is 9.58. The largest absolute Gasteiger partial charge is 0.312 e. The van der Waals surface area contributed by atoms with Crippen LogP contribution in [0.15, 0.2) is 42.5 Å². The van der Waals surface area contributed by atoms with Crippen LogP contribution < -0.4 is 10.2 Å². The third-order valence-electron chi connectivity index (χ3n) is 4.97. The zero-order valence-corrected chi connectivity index (χ0v) is 17.7. The summed E-state index contributed by atoms with van der Waals surface area (Å²) in [4.78, 5) is 37.1. The number of hydrogen-bond acceptors (Lipinski definition) is 7. The normalized spacial score (nSPS) is 15.9. The number of non-ortho nitro benzene ring substituents is 1. The van der Waals surface area contributed by atoms with Gasteiger partial charge >= 0.3 is 0 Å². The van der Waals surface area contributed by atoms with Crippen molar-refractivity contribution >= 4 is 39.7 Å². The lowest BCUT2D eigenvalue weighted by Crippen LogP contribution is -2.24. The summed E-state index contributed by atoms with van der Waals surface area (Å²) < 4.78 is 0. The van der Waals surface area contributed by atoms with Gasteiger partial charge in [-0.25, -0.2) is 0 Å². The number of rotatable bonds is 5. The first-order chi connectivity index (χ1) is 14.8. The van der Waals surface area contributed by atoms with Crippen molar-refractivity contribution in [3.63, 3.8) is 0 Å². The van der Waals surface area contributed by atoms with E-state index in [4.69, 9.17) is 0 Å². The van der Waals surface area contributed by atoms with Crippen molar-refractivity contribution in [2.75, 3.05) is 16.8 Å². The monoisotopic (exact) mass is 437 g/mol. The quantitative estimate of drug-likeness (QED) is 0.479. The van der Waals surface area contributed by atoms with Gasteiger partial charge in [0.15, 0.2) is 0 Å². The second-order valence-electron chi connectivity index (χ2n) is 7.46. The van der Waals surface area contributed by atoms with Gasteiger partial charge in [-0.2, -0.15) is 0 Å². The SMILES string of the molecule is Cc1cc(C)cc(N2CC(c3nnc(NC(=O)c4cccc([N+](=O)[O-])c4)s3)CC2=O)c1. The highest BCUT2D eigenvalue weighted by Gasteiger charge is 2.34. The lowest BCUT2D eigenvalue weighted by molar-refractivity contribution is -0.384. The smallest absolute Gasteiger partial charge is 0.270 e. The molecule has 3 aromatic rings. The third-order valence-corrected chi connectivity index (χ3v) is 5.97. The summed E-state index contributed by atoms with van der Waals surface area (Å²) in [5.74, 6) is -0.604. The number of nitro groups is 1. The predicted molar refractivity (Wildman–Crippen MR) is 117 cm³/mol. The summed E-state index contributed by atoms with van der Waals surface area (Å²) in [7, 11) is 0. The van der Waals surface area contributed by atoms with Crippen LogP contribution in [0.3, 0.4) is 0 Å². The number of hydrogen-bond donors (Lipinski definition) is 1. The Morgan fingerprint density at radius 3 is 2.65 bits per heavy atom. The lowest BCUT2D eigenvalue weighted by atomic mass is 10.1. The number of benzene rings is 2. The number of carbonyl (C=O) groups is 2. The minimum atomic E-state index is -0.557. The zero-order valence-electron chi connectivity index (χ0n) is 16.9. The van der Waals surface area contributed by atoms with Gasteiger partial charge in [0.05, 0.1) is 4.92 Å². The Bertz CT molecular complexity index is 1170. The average molecular weight is 437 g/mol. The molecule has 1 unspecified atom stereocenters. The van der Waals surface area contributed by atoms with E-state index in [0.29, 0.717) is 18.0 Å². The Kier molecular flexibility index (Phi) is 5.47. The van der Waals surface area contributed by atoms with Crippen LogP contribution in [-0.4, -0.2) is 33.5 Å². The molecular formula is C21H19N5O4S. The fourth-order valence-electron chi connectivity index (χ4n) is 3.61. The first-order valence-corrected chi connectivity index (χ1v) is 10.4. The van der Waals surface area contributed by atoms with E-state index in [0.717, 1.165) is 16.8 Å². The molecule has 0 aliphatic carbocycles. The van der Waals surface area contributed by atoms with Gasteiger partial charge in [-0.15, -0.1) is 10.2 Å². The maximum absolute atomic E-state index is 12.6. The number of carbonyl (C=O) groups excluding carboxylic acids is 2. The molecule has 1 aliphatic rings. The Hall–Kier alpha value is -3.66. The number of anilines is 2. The Labute approximate surface area is 181 Å². The van der Waals surface area contributed by atoms with Crippen molar-refractivity contribution < 1.29 is 14.5 Å². The van der Waals surface area contributed by atoms with Gasteiger partial charge in [-0.05, 0) is 43.2 Å². The molecule has 1 saturated heterocycles. The van der Waals surface area contributed by atoms with E-state index in [9.17, 15) is 19.7 Å². The molecule has 0 radical (unpaired) electrons. The number of nitro benzene ring substituents is 1. The summed E-state index contributed by atoms with van der Waals surface area (Å²) in [5, 5.41) is 22.6. The number of aromatic nitrogens is 2. The summed E-state index contributed by atoms with van der Waals surface area (Å²) >= 11 is 1.20. The molecule has 2 heterocycles. The summed E-state index contributed by atoms with van der Waals surface area (Å²) in [5.41, 5.74) is 3.04. The molecule has 1 aliphatic heterocycles. The van der Waals surface area contributed by atoms with E-state index in [-0.39, 0.29) is 28.2 Å². The van der Waals surface area contributed by atoms with Gasteiger partial charge in [0, 0.05) is 42.3 Å². The van der Waals surface area contributed by atoms with Gasteiger partial charge in [-0.1, -0.05) is 23.5 Å². The Morgan fingerprint density at radius 2 is 1.94 bits per heavy atom. The van der Waals surface area contributed by atoms with Crippen molar-refractivity contribution in [2.24, 2.45) is 0 Å². The molecule has 0 saturated carbocycles. The second-order valence-corrected chi connectivity index (χ2v) is 8.47. The fraction of sp³-hybridized carbons (Fsp3) is 0.238. The molecule has 9 nitrogen and oxygen atoms in total. The molecule has 1 atom stereocenters. The van der Waals surface area contributed by atoms with E-state index < -0.39 is 10.8 Å². The average Bonchev–Trinajstić information content (AvgIpc) is 3.33. The number of nitrogens with zero attached hydrogens (tertiary/aromatic N) is 4. The molecule has 2 aromatic carbocycles. The van der Waals surface area contributed by atoms with E-state index in [1.807, 2.05) is 26.0 Å². The highest BCUT2D eigenvalue weighted by molar-refractivity contribution is 7.15. The van der Waals surface area contributed by atoms with E-state index in [1.54, 1.807) is 4.90 Å². The van der Waals surface area contributed by atoms with Gasteiger partial charge < -0.3 is 4.90 Å². The molecule has 1 aromatic heterocycles. The molecular weight excluding hydrogens is 418 g/mol. The minimum Gasteiger partial charge on any atom is -0.312 e. The summed E-state index contributed by atoms with van der Waals surface area (Å²) in [6, 6.07) is 11.5. The molecule has 1 N–H and O–H groups in total. The molecule has 1 fully saturated rings. The molecule has 0 spiro atoms. The van der Waals surface area contributed by atoms with Gasteiger partial charge in [0.1, 0.15) is 5.01 Å². The highest BCUT2D eigenvalue weighted by atomic mass is 32.1. The number of aryl methyl sites for hydroxylation is 2. The summed E-state index contributed by atoms with van der Waals surface area (Å²) in [6.45, 7) is 4.49. The Morgan fingerprint density at radius 1 is 1.19 bits per heavy atom. The van der Waals surface area contributed by atoms with Crippen LogP contribution >= 0.6 is 11.3 Å². The fourth-order valence-corrected chi connectivity index (χ4v) is 4.44. The number of amides is 2. The van der Waals surface area contributed by atoms with E-state index >= 15 is 0 Å². The van der Waals surface area contributed by atoms with Crippen LogP contribution in [0.5, 0.6) is 0 Å². The van der Waals surface area contributed by atoms with Crippen LogP contribution in [0.4, 0.5) is 16.5 Å². The standard InChI is InChI=1S/C21H19N5O4S/c1-12-6-13(2)8-17(7-12)25-11-15(10-18(25)27)20-23-24-21(31-20)22-19(28)14-4-3-5-16(9-14)26(29)30/h3-9,15H,10-11H2,1-2H3,(H,22,24,28). The lowest BCUT2D eigenvalue weighted by Gasteiger charge is -2.17. The maximum atomic E-state index is 12.6. The zero-order chi connectivity index (χ0) is 22.1. The third kappa shape index (κ3) is 4.43. The highest BCUT2D eigenvalue weighted by Crippen LogP contribution is 2.35. The summed E-state index contributed by atoms with van der Waals surface area (Å²) in [6.07, 6.45) is 0.320.